The Balaban J connectivity index is 1.84. The number of ether oxygens (including phenoxy) is 2. The molecule has 1 heterocycles. The number of aliphatic hydroxyl groups is 1. The van der Waals surface area contributed by atoms with Gasteiger partial charge in [-0.05, 0) is 30.3 Å². The Labute approximate surface area is 133 Å². The second-order valence-corrected chi connectivity index (χ2v) is 4.95. The van der Waals surface area contributed by atoms with Gasteiger partial charge in [0.25, 0.3) is 0 Å². The van der Waals surface area contributed by atoms with Gasteiger partial charge in [0, 0.05) is 17.1 Å². The van der Waals surface area contributed by atoms with Gasteiger partial charge < -0.3 is 14.6 Å². The number of pyridine rings is 1. The minimum Gasteiger partial charge on any atom is -0.487 e. The number of benzene rings is 2. The van der Waals surface area contributed by atoms with Gasteiger partial charge >= 0.3 is 0 Å². The molecule has 118 valence electrons. The number of halogens is 1. The average molecular weight is 313 g/mol. The molecular weight excluding hydrogens is 297 g/mol. The van der Waals surface area contributed by atoms with Crippen molar-refractivity contribution >= 4 is 10.9 Å². The molecule has 3 rings (SSSR count). The summed E-state index contributed by atoms with van der Waals surface area (Å²) in [6.07, 6.45) is 1.67. The second kappa shape index (κ2) is 7.07. The number of fused-ring (bicyclic) bond motifs is 1. The van der Waals surface area contributed by atoms with E-state index < -0.39 is 0 Å². The van der Waals surface area contributed by atoms with E-state index >= 15 is 0 Å². The first-order valence-corrected chi connectivity index (χ1v) is 7.26. The first kappa shape index (κ1) is 15.2. The zero-order valence-corrected chi connectivity index (χ0v) is 12.4. The van der Waals surface area contributed by atoms with E-state index in [1.54, 1.807) is 24.4 Å². The highest BCUT2D eigenvalue weighted by atomic mass is 19.1. The summed E-state index contributed by atoms with van der Waals surface area (Å²) in [6, 6.07) is 13.6. The Kier molecular flexibility index (Phi) is 4.68. The van der Waals surface area contributed by atoms with Crippen LogP contribution < -0.4 is 9.47 Å². The van der Waals surface area contributed by atoms with E-state index in [1.807, 2.05) is 18.2 Å². The highest BCUT2D eigenvalue weighted by Gasteiger charge is 2.09. The average Bonchev–Trinajstić information content (AvgIpc) is 2.58. The van der Waals surface area contributed by atoms with Crippen molar-refractivity contribution in [3.05, 3.63) is 66.1 Å². The fraction of sp³-hybridized carbons (Fsp3) is 0.167. The molecule has 3 aromatic rings. The third-order valence-electron chi connectivity index (χ3n) is 3.33. The molecule has 0 atom stereocenters. The van der Waals surface area contributed by atoms with E-state index in [9.17, 15) is 4.39 Å². The number of para-hydroxylation sites is 2. The molecule has 0 spiro atoms. The summed E-state index contributed by atoms with van der Waals surface area (Å²) in [5.74, 6) is 0.749. The molecule has 4 nitrogen and oxygen atoms in total. The van der Waals surface area contributed by atoms with Crippen molar-refractivity contribution in [2.75, 3.05) is 13.2 Å². The number of hydrogen-bond acceptors (Lipinski definition) is 4. The van der Waals surface area contributed by atoms with Crippen molar-refractivity contribution in [1.82, 2.24) is 4.98 Å². The number of aliphatic hydroxyl groups excluding tert-OH is 1. The van der Waals surface area contributed by atoms with Gasteiger partial charge in [-0.25, -0.2) is 4.39 Å². The molecule has 1 N–H and O–H groups in total. The van der Waals surface area contributed by atoms with Gasteiger partial charge in [0.1, 0.15) is 19.0 Å². The molecule has 0 saturated heterocycles. The molecule has 0 aliphatic heterocycles. The maximum absolute atomic E-state index is 13.7. The van der Waals surface area contributed by atoms with Crippen LogP contribution in [-0.4, -0.2) is 23.3 Å². The molecule has 0 saturated carbocycles. The summed E-state index contributed by atoms with van der Waals surface area (Å²) < 4.78 is 24.9. The quantitative estimate of drug-likeness (QED) is 0.758. The summed E-state index contributed by atoms with van der Waals surface area (Å²) in [5.41, 5.74) is 1.38. The molecule has 1 aromatic heterocycles. The van der Waals surface area contributed by atoms with E-state index in [4.69, 9.17) is 14.6 Å². The first-order valence-electron chi connectivity index (χ1n) is 7.26. The van der Waals surface area contributed by atoms with Crippen LogP contribution in [0.5, 0.6) is 11.5 Å². The fourth-order valence-electron chi connectivity index (χ4n) is 2.34. The van der Waals surface area contributed by atoms with Crippen LogP contribution in [0.25, 0.3) is 10.9 Å². The molecule has 0 unspecified atom stereocenters. The molecule has 0 bridgehead atoms. The Hall–Kier alpha value is -2.66. The van der Waals surface area contributed by atoms with Crippen LogP contribution in [0.1, 0.15) is 5.56 Å². The summed E-state index contributed by atoms with van der Waals surface area (Å²) in [5, 5.41) is 9.59. The van der Waals surface area contributed by atoms with Gasteiger partial charge in [-0.15, -0.1) is 0 Å². The second-order valence-electron chi connectivity index (χ2n) is 4.95. The molecule has 0 aliphatic rings. The van der Waals surface area contributed by atoms with Crippen LogP contribution in [0.4, 0.5) is 4.39 Å². The SMILES string of the molecule is OCCOc1ccccc1OCc1cc(F)cc2cccnc12. The van der Waals surface area contributed by atoms with Crippen LogP contribution >= 0.6 is 0 Å². The van der Waals surface area contributed by atoms with Crippen LogP contribution in [0.15, 0.2) is 54.7 Å². The monoisotopic (exact) mass is 313 g/mol. The van der Waals surface area contributed by atoms with Crippen molar-refractivity contribution in [2.24, 2.45) is 0 Å². The Morgan fingerprint density at radius 2 is 1.78 bits per heavy atom. The maximum Gasteiger partial charge on any atom is 0.161 e. The van der Waals surface area contributed by atoms with Crippen LogP contribution in [0.3, 0.4) is 0 Å². The van der Waals surface area contributed by atoms with Gasteiger partial charge in [0.05, 0.1) is 12.1 Å². The van der Waals surface area contributed by atoms with Crippen molar-refractivity contribution in [1.29, 1.82) is 0 Å². The number of hydrogen-bond donors (Lipinski definition) is 1. The maximum atomic E-state index is 13.7. The molecule has 5 heteroatoms. The van der Waals surface area contributed by atoms with Crippen molar-refractivity contribution in [2.45, 2.75) is 6.61 Å². The van der Waals surface area contributed by atoms with E-state index in [2.05, 4.69) is 4.98 Å². The topological polar surface area (TPSA) is 51.6 Å². The lowest BCUT2D eigenvalue weighted by atomic mass is 10.1. The lowest BCUT2D eigenvalue weighted by Gasteiger charge is -2.13. The number of nitrogens with zero attached hydrogens (tertiary/aromatic N) is 1. The third-order valence-corrected chi connectivity index (χ3v) is 3.33. The third kappa shape index (κ3) is 3.57. The van der Waals surface area contributed by atoms with E-state index in [-0.39, 0.29) is 25.6 Å². The first-order chi connectivity index (χ1) is 11.3. The summed E-state index contributed by atoms with van der Waals surface area (Å²) in [6.45, 7) is 0.280. The summed E-state index contributed by atoms with van der Waals surface area (Å²) in [7, 11) is 0. The Morgan fingerprint density at radius 3 is 2.57 bits per heavy atom. The molecule has 23 heavy (non-hydrogen) atoms. The van der Waals surface area contributed by atoms with Crippen LogP contribution in [-0.2, 0) is 6.61 Å². The van der Waals surface area contributed by atoms with Crippen LogP contribution in [0.2, 0.25) is 0 Å². The lowest BCUT2D eigenvalue weighted by Crippen LogP contribution is -2.04. The highest BCUT2D eigenvalue weighted by Crippen LogP contribution is 2.28. The lowest BCUT2D eigenvalue weighted by molar-refractivity contribution is 0.192. The van der Waals surface area contributed by atoms with Crippen LogP contribution in [0, 0.1) is 5.82 Å². The van der Waals surface area contributed by atoms with Crippen molar-refractivity contribution in [3.8, 4) is 11.5 Å². The van der Waals surface area contributed by atoms with Gasteiger partial charge in [0.15, 0.2) is 11.5 Å². The largest absolute Gasteiger partial charge is 0.487 e. The Bertz CT molecular complexity index is 807. The number of aromatic nitrogens is 1. The van der Waals surface area contributed by atoms with Crippen molar-refractivity contribution in [3.63, 3.8) is 0 Å². The molecule has 0 amide bonds. The van der Waals surface area contributed by atoms with Gasteiger partial charge in [-0.2, -0.15) is 0 Å². The minimum absolute atomic E-state index is 0.0766. The van der Waals surface area contributed by atoms with Gasteiger partial charge in [-0.1, -0.05) is 18.2 Å². The zero-order chi connectivity index (χ0) is 16.1. The smallest absolute Gasteiger partial charge is 0.161 e. The van der Waals surface area contributed by atoms with Gasteiger partial charge in [0.2, 0.25) is 0 Å². The van der Waals surface area contributed by atoms with E-state index in [0.717, 1.165) is 5.39 Å². The normalized spacial score (nSPS) is 10.7. The van der Waals surface area contributed by atoms with Crippen molar-refractivity contribution < 1.29 is 19.0 Å². The highest BCUT2D eigenvalue weighted by molar-refractivity contribution is 5.81. The predicted octanol–water partition coefficient (Wildman–Crippen LogP) is 3.32. The van der Waals surface area contributed by atoms with Gasteiger partial charge in [-0.3, -0.25) is 4.98 Å². The molecule has 0 fully saturated rings. The summed E-state index contributed by atoms with van der Waals surface area (Å²) in [4.78, 5) is 4.30. The molecular formula is C18H16FNO3. The molecule has 2 aromatic carbocycles. The fourth-order valence-corrected chi connectivity index (χ4v) is 2.34. The number of rotatable bonds is 6. The minimum atomic E-state index is -0.325. The zero-order valence-electron chi connectivity index (χ0n) is 12.4. The molecule has 0 radical (unpaired) electrons. The molecule has 0 aliphatic carbocycles. The standard InChI is InChI=1S/C18H16FNO3/c19-15-10-13-4-3-7-20-18(13)14(11-15)12-23-17-6-2-1-5-16(17)22-9-8-21/h1-7,10-11,21H,8-9,12H2. The summed E-state index contributed by atoms with van der Waals surface area (Å²) >= 11 is 0. The Morgan fingerprint density at radius 1 is 1.00 bits per heavy atom. The van der Waals surface area contributed by atoms with E-state index in [1.165, 1.54) is 12.1 Å². The van der Waals surface area contributed by atoms with E-state index in [0.29, 0.717) is 22.6 Å². The predicted molar refractivity (Wildman–Crippen MR) is 85.1 cm³/mol.